The molecule has 3 rings (SSSR count). The lowest BCUT2D eigenvalue weighted by Gasteiger charge is -2.16. The van der Waals surface area contributed by atoms with Crippen molar-refractivity contribution in [1.82, 2.24) is 0 Å². The molecule has 1 aromatic heterocycles. The average molecular weight is 395 g/mol. The van der Waals surface area contributed by atoms with Gasteiger partial charge in [-0.25, -0.2) is 4.79 Å². The maximum atomic E-state index is 12.5. The molecule has 1 aliphatic carbocycles. The number of nitrogens with one attached hydrogen (secondary N) is 1. The summed E-state index contributed by atoms with van der Waals surface area (Å²) in [5, 5.41) is 4.23. The molecule has 0 saturated carbocycles. The first-order valence-electron chi connectivity index (χ1n) is 8.60. The summed E-state index contributed by atoms with van der Waals surface area (Å²) in [6, 6.07) is 5.83. The van der Waals surface area contributed by atoms with Crippen molar-refractivity contribution in [3.8, 4) is 5.75 Å². The van der Waals surface area contributed by atoms with E-state index in [1.54, 1.807) is 11.4 Å². The van der Waals surface area contributed by atoms with E-state index in [0.29, 0.717) is 5.56 Å². The van der Waals surface area contributed by atoms with Crippen LogP contribution < -0.4 is 10.1 Å². The number of amides is 1. The van der Waals surface area contributed by atoms with Gasteiger partial charge < -0.3 is 14.8 Å². The molecular formula is C19H19F2NO4S. The van der Waals surface area contributed by atoms with Crippen LogP contribution in [0.5, 0.6) is 5.75 Å². The number of aryl methyl sites for hydroxylation is 1. The lowest BCUT2D eigenvalue weighted by Crippen LogP contribution is -2.30. The summed E-state index contributed by atoms with van der Waals surface area (Å²) in [6.45, 7) is -1.58. The third-order valence-corrected chi connectivity index (χ3v) is 5.38. The Bertz CT molecular complexity index is 837. The van der Waals surface area contributed by atoms with Crippen molar-refractivity contribution in [2.75, 3.05) is 5.32 Å². The molecule has 0 radical (unpaired) electrons. The Morgan fingerprint density at radius 1 is 1.19 bits per heavy atom. The molecule has 0 bridgehead atoms. The van der Waals surface area contributed by atoms with E-state index in [-0.39, 0.29) is 11.4 Å². The Morgan fingerprint density at radius 2 is 1.93 bits per heavy atom. The average Bonchev–Trinajstić information content (AvgIpc) is 3.07. The number of alkyl halides is 2. The maximum absolute atomic E-state index is 12.5. The summed E-state index contributed by atoms with van der Waals surface area (Å²) in [7, 11) is 0. The standard InChI is InChI=1S/C19H19F2NO4S/c1-11(17(23)22-14-7-3-4-8-15(14)26-19(20)21)25-18(24)13-10-27-16-9-5-2-6-12(13)16/h3-4,7-8,10-11,19H,2,5-6,9H2,1H3,(H,22,23)/t11-/m0/s1. The summed E-state index contributed by atoms with van der Waals surface area (Å²) < 4.78 is 34.6. The second-order valence-electron chi connectivity index (χ2n) is 6.17. The monoisotopic (exact) mass is 395 g/mol. The van der Waals surface area contributed by atoms with E-state index in [2.05, 4.69) is 10.1 Å². The van der Waals surface area contributed by atoms with Gasteiger partial charge in [0.15, 0.2) is 6.10 Å². The highest BCUT2D eigenvalue weighted by Gasteiger charge is 2.25. The molecule has 0 spiro atoms. The number of carbonyl (C=O) groups excluding carboxylic acids is 2. The van der Waals surface area contributed by atoms with Gasteiger partial charge in [-0.3, -0.25) is 4.79 Å². The van der Waals surface area contributed by atoms with Crippen molar-refractivity contribution in [3.05, 3.63) is 45.6 Å². The maximum Gasteiger partial charge on any atom is 0.387 e. The topological polar surface area (TPSA) is 64.6 Å². The highest BCUT2D eigenvalue weighted by molar-refractivity contribution is 7.10. The molecule has 1 heterocycles. The number of para-hydroxylation sites is 2. The predicted octanol–water partition coefficient (Wildman–Crippen LogP) is 4.41. The number of rotatable bonds is 6. The third kappa shape index (κ3) is 4.63. The van der Waals surface area contributed by atoms with Gasteiger partial charge in [0.25, 0.3) is 5.91 Å². The van der Waals surface area contributed by atoms with E-state index in [0.717, 1.165) is 31.2 Å². The Hall–Kier alpha value is -2.48. The molecule has 2 aromatic rings. The second kappa shape index (κ2) is 8.47. The number of fused-ring (bicyclic) bond motifs is 1. The largest absolute Gasteiger partial charge is 0.449 e. The van der Waals surface area contributed by atoms with Crippen LogP contribution in [0.15, 0.2) is 29.6 Å². The quantitative estimate of drug-likeness (QED) is 0.736. The van der Waals surface area contributed by atoms with E-state index in [1.165, 1.54) is 41.3 Å². The molecule has 144 valence electrons. The minimum absolute atomic E-state index is 0.0820. The van der Waals surface area contributed by atoms with Crippen molar-refractivity contribution < 1.29 is 27.8 Å². The molecule has 1 aromatic carbocycles. The first kappa shape index (κ1) is 19.3. The van der Waals surface area contributed by atoms with E-state index < -0.39 is 24.6 Å². The molecule has 8 heteroatoms. The molecule has 0 unspecified atom stereocenters. The van der Waals surface area contributed by atoms with E-state index in [9.17, 15) is 18.4 Å². The normalized spacial score (nSPS) is 14.4. The number of halogens is 2. The Morgan fingerprint density at radius 3 is 2.70 bits per heavy atom. The Labute approximate surface area is 159 Å². The molecule has 5 nitrogen and oxygen atoms in total. The fourth-order valence-corrected chi connectivity index (χ4v) is 4.06. The van der Waals surface area contributed by atoms with Crippen LogP contribution in [-0.2, 0) is 22.4 Å². The zero-order valence-corrected chi connectivity index (χ0v) is 15.5. The molecule has 1 N–H and O–H groups in total. The fourth-order valence-electron chi connectivity index (χ4n) is 2.95. The van der Waals surface area contributed by atoms with Crippen molar-refractivity contribution >= 4 is 28.9 Å². The second-order valence-corrected chi connectivity index (χ2v) is 7.13. The molecule has 0 aliphatic heterocycles. The minimum Gasteiger partial charge on any atom is -0.449 e. The molecular weight excluding hydrogens is 376 g/mol. The zero-order valence-electron chi connectivity index (χ0n) is 14.7. The number of ether oxygens (including phenoxy) is 2. The van der Waals surface area contributed by atoms with Gasteiger partial charge in [0.05, 0.1) is 11.3 Å². The summed E-state index contributed by atoms with van der Waals surface area (Å²) in [4.78, 5) is 26.0. The SMILES string of the molecule is C[C@H](OC(=O)c1csc2c1CCCC2)C(=O)Nc1ccccc1OC(F)F. The first-order chi connectivity index (χ1) is 13.0. The lowest BCUT2D eigenvalue weighted by atomic mass is 9.96. The number of carbonyl (C=O) groups is 2. The molecule has 1 amide bonds. The van der Waals surface area contributed by atoms with E-state index >= 15 is 0 Å². The number of benzene rings is 1. The smallest absolute Gasteiger partial charge is 0.387 e. The number of anilines is 1. The van der Waals surface area contributed by atoms with Crippen LogP contribution in [0.4, 0.5) is 14.5 Å². The van der Waals surface area contributed by atoms with E-state index in [4.69, 9.17) is 4.74 Å². The van der Waals surface area contributed by atoms with Crippen LogP contribution in [0.25, 0.3) is 0 Å². The third-order valence-electron chi connectivity index (χ3n) is 4.30. The van der Waals surface area contributed by atoms with Gasteiger partial charge in [-0.2, -0.15) is 8.78 Å². The summed E-state index contributed by atoms with van der Waals surface area (Å²) in [5.41, 5.74) is 1.61. The first-order valence-corrected chi connectivity index (χ1v) is 9.48. The Kier molecular flexibility index (Phi) is 6.05. The number of hydrogen-bond acceptors (Lipinski definition) is 5. The number of esters is 1. The van der Waals surface area contributed by atoms with Gasteiger partial charge in [-0.15, -0.1) is 11.3 Å². The van der Waals surface area contributed by atoms with Crippen LogP contribution in [0.3, 0.4) is 0 Å². The van der Waals surface area contributed by atoms with Gasteiger partial charge >= 0.3 is 12.6 Å². The summed E-state index contributed by atoms with van der Waals surface area (Å²) in [5.74, 6) is -1.33. The van der Waals surface area contributed by atoms with E-state index in [1.807, 2.05) is 0 Å². The molecule has 27 heavy (non-hydrogen) atoms. The van der Waals surface area contributed by atoms with Crippen molar-refractivity contribution in [3.63, 3.8) is 0 Å². The van der Waals surface area contributed by atoms with Crippen molar-refractivity contribution in [1.29, 1.82) is 0 Å². The Balaban J connectivity index is 1.64. The lowest BCUT2D eigenvalue weighted by molar-refractivity contribution is -0.123. The predicted molar refractivity (Wildman–Crippen MR) is 97.5 cm³/mol. The summed E-state index contributed by atoms with van der Waals surface area (Å²) in [6.07, 6.45) is 2.85. The molecule has 1 atom stereocenters. The van der Waals surface area contributed by atoms with Gasteiger partial charge in [0.2, 0.25) is 0 Å². The highest BCUT2D eigenvalue weighted by Crippen LogP contribution is 2.31. The molecule has 1 aliphatic rings. The highest BCUT2D eigenvalue weighted by atomic mass is 32.1. The van der Waals surface area contributed by atoms with Crippen LogP contribution in [0, 0.1) is 0 Å². The van der Waals surface area contributed by atoms with Crippen LogP contribution in [0.1, 0.15) is 40.6 Å². The summed E-state index contributed by atoms with van der Waals surface area (Å²) >= 11 is 1.54. The zero-order chi connectivity index (χ0) is 19.4. The van der Waals surface area contributed by atoms with Gasteiger partial charge in [-0.05, 0) is 50.3 Å². The molecule has 0 fully saturated rings. The number of hydrogen-bond donors (Lipinski definition) is 1. The van der Waals surface area contributed by atoms with Gasteiger partial charge in [0.1, 0.15) is 5.75 Å². The van der Waals surface area contributed by atoms with Gasteiger partial charge in [0, 0.05) is 10.3 Å². The minimum atomic E-state index is -3.01. The van der Waals surface area contributed by atoms with Crippen LogP contribution in [-0.4, -0.2) is 24.6 Å². The fraction of sp³-hybridized carbons (Fsp3) is 0.368. The number of thiophene rings is 1. The van der Waals surface area contributed by atoms with Crippen molar-refractivity contribution in [2.24, 2.45) is 0 Å². The van der Waals surface area contributed by atoms with Crippen molar-refractivity contribution in [2.45, 2.75) is 45.3 Å². The van der Waals surface area contributed by atoms with Crippen LogP contribution in [0.2, 0.25) is 0 Å². The molecule has 0 saturated heterocycles. The van der Waals surface area contributed by atoms with Crippen LogP contribution >= 0.6 is 11.3 Å². The van der Waals surface area contributed by atoms with Gasteiger partial charge in [-0.1, -0.05) is 12.1 Å².